The first-order valence-corrected chi connectivity index (χ1v) is 12.5. The van der Waals surface area contributed by atoms with Gasteiger partial charge in [-0.05, 0) is 39.4 Å². The molecule has 0 aromatic rings. The van der Waals surface area contributed by atoms with Crippen LogP contribution < -0.4 is 0 Å². The molecule has 0 saturated carbocycles. The summed E-state index contributed by atoms with van der Waals surface area (Å²) in [5, 5.41) is 0. The molecule has 0 spiro atoms. The zero-order valence-electron chi connectivity index (χ0n) is 22.4. The van der Waals surface area contributed by atoms with Crippen molar-refractivity contribution in [3.63, 3.8) is 0 Å². The summed E-state index contributed by atoms with van der Waals surface area (Å²) in [6.45, 7) is 8.79. The number of esters is 1. The minimum absolute atomic E-state index is 0.0370. The first-order valence-electron chi connectivity index (χ1n) is 12.5. The van der Waals surface area contributed by atoms with Crippen molar-refractivity contribution in [2.75, 3.05) is 113 Å². The quantitative estimate of drug-likeness (QED) is 0.291. The van der Waals surface area contributed by atoms with Crippen LogP contribution in [-0.4, -0.2) is 167 Å². The second kappa shape index (κ2) is 17.4. The standard InChI is InChI=1S/C24H46N6O5/c1-6-35-24(34)21-30-12-8-11-29(20-23(33)26(4)5)16-15-28(19-22(32)25(2)3)10-7-9-27(13-14-30)17-18-31/h18H,6-17,19-21H2,1-5H3. The summed E-state index contributed by atoms with van der Waals surface area (Å²) < 4.78 is 5.14. The van der Waals surface area contributed by atoms with Crippen LogP contribution in [0.3, 0.4) is 0 Å². The Balaban J connectivity index is 2.97. The zero-order chi connectivity index (χ0) is 26.2. The molecule has 1 fully saturated rings. The normalized spacial score (nSPS) is 18.4. The lowest BCUT2D eigenvalue weighted by Crippen LogP contribution is -2.46. The second-order valence-corrected chi connectivity index (χ2v) is 9.38. The molecular weight excluding hydrogens is 452 g/mol. The van der Waals surface area contributed by atoms with E-state index in [1.54, 1.807) is 44.9 Å². The summed E-state index contributed by atoms with van der Waals surface area (Å²) in [6, 6.07) is 0. The summed E-state index contributed by atoms with van der Waals surface area (Å²) in [7, 11) is 7.01. The molecular formula is C24H46N6O5. The summed E-state index contributed by atoms with van der Waals surface area (Å²) in [5.74, 6) is -0.173. The molecule has 1 aliphatic rings. The van der Waals surface area contributed by atoms with Gasteiger partial charge in [-0.15, -0.1) is 0 Å². The molecule has 11 heteroatoms. The number of hydrogen-bond acceptors (Lipinski definition) is 9. The first kappa shape index (κ1) is 31.0. The van der Waals surface area contributed by atoms with Gasteiger partial charge in [-0.1, -0.05) is 0 Å². The average molecular weight is 499 g/mol. The third-order valence-electron chi connectivity index (χ3n) is 6.07. The molecule has 0 unspecified atom stereocenters. The van der Waals surface area contributed by atoms with E-state index in [0.29, 0.717) is 65.5 Å². The van der Waals surface area contributed by atoms with Gasteiger partial charge in [-0.25, -0.2) is 0 Å². The van der Waals surface area contributed by atoms with Crippen LogP contribution in [0.2, 0.25) is 0 Å². The molecule has 0 N–H and O–H groups in total. The van der Waals surface area contributed by atoms with E-state index >= 15 is 0 Å². The third kappa shape index (κ3) is 13.6. The Morgan fingerprint density at radius 1 is 0.686 bits per heavy atom. The van der Waals surface area contributed by atoms with Crippen molar-refractivity contribution in [3.8, 4) is 0 Å². The van der Waals surface area contributed by atoms with Crippen LogP contribution in [0, 0.1) is 0 Å². The van der Waals surface area contributed by atoms with Crippen LogP contribution in [-0.2, 0) is 23.9 Å². The number of amides is 2. The van der Waals surface area contributed by atoms with Crippen LogP contribution in [0.15, 0.2) is 0 Å². The van der Waals surface area contributed by atoms with E-state index in [1.807, 2.05) is 0 Å². The van der Waals surface area contributed by atoms with Crippen LogP contribution >= 0.6 is 0 Å². The van der Waals surface area contributed by atoms with Crippen LogP contribution in [0.4, 0.5) is 0 Å². The smallest absolute Gasteiger partial charge is 0.320 e. The molecule has 0 aliphatic carbocycles. The Labute approximate surface area is 210 Å². The summed E-state index contributed by atoms with van der Waals surface area (Å²) in [6.07, 6.45) is 2.50. The summed E-state index contributed by atoms with van der Waals surface area (Å²) >= 11 is 0. The maximum atomic E-state index is 12.4. The van der Waals surface area contributed by atoms with E-state index < -0.39 is 0 Å². The number of carbonyl (C=O) groups is 4. The Bertz CT molecular complexity index is 660. The fraction of sp³-hybridized carbons (Fsp3) is 0.833. The van der Waals surface area contributed by atoms with Crippen molar-refractivity contribution in [2.24, 2.45) is 0 Å². The summed E-state index contributed by atoms with van der Waals surface area (Å²) in [4.78, 5) is 59.7. The van der Waals surface area contributed by atoms with Gasteiger partial charge in [-0.3, -0.25) is 34.0 Å². The Morgan fingerprint density at radius 2 is 1.09 bits per heavy atom. The molecule has 0 aromatic carbocycles. The van der Waals surface area contributed by atoms with Gasteiger partial charge in [0.25, 0.3) is 0 Å². The first-order chi connectivity index (χ1) is 16.7. The molecule has 1 rings (SSSR count). The highest BCUT2D eigenvalue weighted by atomic mass is 16.5. The summed E-state index contributed by atoms with van der Waals surface area (Å²) in [5.41, 5.74) is 0. The Kier molecular flexibility index (Phi) is 15.4. The molecule has 1 aliphatic heterocycles. The predicted molar refractivity (Wildman–Crippen MR) is 135 cm³/mol. The minimum Gasteiger partial charge on any atom is -0.465 e. The van der Waals surface area contributed by atoms with Gasteiger partial charge in [0.1, 0.15) is 6.29 Å². The van der Waals surface area contributed by atoms with Crippen molar-refractivity contribution in [1.82, 2.24) is 29.4 Å². The lowest BCUT2D eigenvalue weighted by molar-refractivity contribution is -0.144. The molecule has 0 aromatic heterocycles. The van der Waals surface area contributed by atoms with Crippen molar-refractivity contribution in [2.45, 2.75) is 19.8 Å². The zero-order valence-corrected chi connectivity index (χ0v) is 22.4. The van der Waals surface area contributed by atoms with E-state index in [0.717, 1.165) is 32.2 Å². The average Bonchev–Trinajstić information content (AvgIpc) is 2.79. The van der Waals surface area contributed by atoms with E-state index in [4.69, 9.17) is 4.74 Å². The van der Waals surface area contributed by atoms with Crippen LogP contribution in [0.5, 0.6) is 0 Å². The number of rotatable bonds is 9. The van der Waals surface area contributed by atoms with Crippen LogP contribution in [0.1, 0.15) is 19.8 Å². The Morgan fingerprint density at radius 3 is 1.49 bits per heavy atom. The van der Waals surface area contributed by atoms with Gasteiger partial charge in [-0.2, -0.15) is 0 Å². The monoisotopic (exact) mass is 498 g/mol. The highest BCUT2D eigenvalue weighted by molar-refractivity contribution is 5.78. The number of aldehydes is 1. The van der Waals surface area contributed by atoms with Crippen LogP contribution in [0.25, 0.3) is 0 Å². The SMILES string of the molecule is CCOC(=O)CN1CCCN(CC(=O)N(C)C)CCN(CC(=O)N(C)C)CCCN(CC=O)CC1. The number of nitrogens with zero attached hydrogens (tertiary/aromatic N) is 6. The number of likely N-dealkylation sites (N-methyl/N-ethyl adjacent to an activating group) is 2. The maximum absolute atomic E-state index is 12.4. The van der Waals surface area contributed by atoms with Gasteiger partial charge in [0.15, 0.2) is 0 Å². The van der Waals surface area contributed by atoms with Gasteiger partial charge >= 0.3 is 5.97 Å². The largest absolute Gasteiger partial charge is 0.465 e. The highest BCUT2D eigenvalue weighted by Gasteiger charge is 2.19. The molecule has 1 saturated heterocycles. The molecule has 0 bridgehead atoms. The topological polar surface area (TPSA) is 96.9 Å². The van der Waals surface area contributed by atoms with E-state index in [9.17, 15) is 19.2 Å². The van der Waals surface area contributed by atoms with E-state index in [1.165, 1.54) is 0 Å². The molecule has 2 amide bonds. The van der Waals surface area contributed by atoms with Gasteiger partial charge in [0.2, 0.25) is 11.8 Å². The van der Waals surface area contributed by atoms with Crippen molar-refractivity contribution in [3.05, 3.63) is 0 Å². The lowest BCUT2D eigenvalue weighted by Gasteiger charge is -2.31. The van der Waals surface area contributed by atoms with E-state index in [2.05, 4.69) is 19.6 Å². The maximum Gasteiger partial charge on any atom is 0.320 e. The number of ether oxygens (including phenoxy) is 1. The van der Waals surface area contributed by atoms with Crippen molar-refractivity contribution in [1.29, 1.82) is 0 Å². The van der Waals surface area contributed by atoms with E-state index in [-0.39, 0.29) is 24.3 Å². The third-order valence-corrected chi connectivity index (χ3v) is 6.07. The molecule has 0 radical (unpaired) electrons. The predicted octanol–water partition coefficient (Wildman–Crippen LogP) is -1.07. The van der Waals surface area contributed by atoms with Gasteiger partial charge in [0, 0.05) is 60.9 Å². The van der Waals surface area contributed by atoms with Gasteiger partial charge in [0.05, 0.1) is 32.8 Å². The van der Waals surface area contributed by atoms with Crippen molar-refractivity contribution >= 4 is 24.1 Å². The lowest BCUT2D eigenvalue weighted by atomic mass is 10.2. The molecule has 35 heavy (non-hydrogen) atoms. The highest BCUT2D eigenvalue weighted by Crippen LogP contribution is 2.04. The Hall–Kier alpha value is -2.08. The fourth-order valence-electron chi connectivity index (χ4n) is 3.87. The second-order valence-electron chi connectivity index (χ2n) is 9.38. The minimum atomic E-state index is -0.253. The molecule has 202 valence electrons. The number of hydrogen-bond donors (Lipinski definition) is 0. The fourth-order valence-corrected chi connectivity index (χ4v) is 3.87. The van der Waals surface area contributed by atoms with Gasteiger partial charge < -0.3 is 19.3 Å². The molecule has 0 atom stereocenters. The molecule has 1 heterocycles. The molecule has 11 nitrogen and oxygen atoms in total. The van der Waals surface area contributed by atoms with Crippen molar-refractivity contribution < 1.29 is 23.9 Å². The number of carbonyl (C=O) groups excluding carboxylic acids is 4.